The maximum Gasteiger partial charge on any atom is 0.161 e. The van der Waals surface area contributed by atoms with E-state index in [0.717, 1.165) is 12.7 Å². The van der Waals surface area contributed by atoms with Crippen LogP contribution in [0.1, 0.15) is 17.3 Å². The fourth-order valence-electron chi connectivity index (χ4n) is 0.834. The lowest BCUT2D eigenvalue weighted by Gasteiger charge is -2.01. The second kappa shape index (κ2) is 3.84. The summed E-state index contributed by atoms with van der Waals surface area (Å²) in [5.41, 5.74) is 0.841. The Hall–Kier alpha value is 0.350. The third kappa shape index (κ3) is 2.14. The zero-order valence-corrected chi connectivity index (χ0v) is 10.2. The molecule has 3 heteroatoms. The molecule has 0 unspecified atom stereocenters. The van der Waals surface area contributed by atoms with E-state index in [9.17, 15) is 4.79 Å². The minimum absolute atomic E-state index is 0.138. The first-order valence-electron chi connectivity index (χ1n) is 3.08. The minimum Gasteiger partial charge on any atom is -0.294 e. The summed E-state index contributed by atoms with van der Waals surface area (Å²) in [6.45, 7) is 1.60. The average molecular weight is 372 g/mol. The third-order valence-electron chi connectivity index (χ3n) is 1.31. The van der Waals surface area contributed by atoms with E-state index < -0.39 is 0 Å². The predicted molar refractivity (Wildman–Crippen MR) is 61.9 cm³/mol. The van der Waals surface area contributed by atoms with Crippen LogP contribution in [0.15, 0.2) is 18.2 Å². The van der Waals surface area contributed by atoms with Crippen LogP contribution in [0.5, 0.6) is 0 Å². The van der Waals surface area contributed by atoms with Gasteiger partial charge in [0, 0.05) is 12.7 Å². The Morgan fingerprint density at radius 1 is 1.27 bits per heavy atom. The van der Waals surface area contributed by atoms with Gasteiger partial charge in [0.05, 0.1) is 0 Å². The normalized spacial score (nSPS) is 9.73. The van der Waals surface area contributed by atoms with Crippen molar-refractivity contribution in [3.63, 3.8) is 0 Å². The summed E-state index contributed by atoms with van der Waals surface area (Å²) in [5, 5.41) is 0. The van der Waals surface area contributed by atoms with Gasteiger partial charge in [0.25, 0.3) is 0 Å². The Morgan fingerprint density at radius 2 is 1.73 bits per heavy atom. The molecule has 1 rings (SSSR count). The quantitative estimate of drug-likeness (QED) is 0.547. The van der Waals surface area contributed by atoms with Crippen molar-refractivity contribution in [3.05, 3.63) is 30.9 Å². The van der Waals surface area contributed by atoms with Crippen LogP contribution in [0.2, 0.25) is 0 Å². The van der Waals surface area contributed by atoms with Gasteiger partial charge >= 0.3 is 0 Å². The van der Waals surface area contributed by atoms with Gasteiger partial charge in [0.2, 0.25) is 0 Å². The molecule has 1 aromatic rings. The highest BCUT2D eigenvalue weighted by Crippen LogP contribution is 2.18. The van der Waals surface area contributed by atoms with Gasteiger partial charge in [0.15, 0.2) is 5.78 Å². The van der Waals surface area contributed by atoms with Crippen LogP contribution < -0.4 is 0 Å². The molecule has 0 N–H and O–H groups in total. The number of Topliss-reactive ketones (excluding diaryl/α,β-unsaturated/α-hetero) is 1. The van der Waals surface area contributed by atoms with E-state index >= 15 is 0 Å². The number of carbonyl (C=O) groups is 1. The molecule has 0 atom stereocenters. The first-order valence-corrected chi connectivity index (χ1v) is 5.23. The molecule has 0 aliphatic carbocycles. The van der Waals surface area contributed by atoms with Crippen LogP contribution in [0.25, 0.3) is 0 Å². The zero-order chi connectivity index (χ0) is 8.43. The highest BCUT2D eigenvalue weighted by molar-refractivity contribution is 14.1. The van der Waals surface area contributed by atoms with E-state index in [1.807, 2.05) is 18.2 Å². The molecule has 0 aliphatic rings. The second-order valence-corrected chi connectivity index (χ2v) is 4.48. The van der Waals surface area contributed by atoms with Gasteiger partial charge in [-0.15, -0.1) is 0 Å². The summed E-state index contributed by atoms with van der Waals surface area (Å²) in [6, 6.07) is 5.84. The molecule has 0 radical (unpaired) electrons. The molecule has 0 amide bonds. The topological polar surface area (TPSA) is 17.1 Å². The molecule has 0 heterocycles. The van der Waals surface area contributed by atoms with Crippen molar-refractivity contribution in [2.75, 3.05) is 0 Å². The van der Waals surface area contributed by atoms with Crippen LogP contribution in [0.4, 0.5) is 0 Å². The first-order chi connectivity index (χ1) is 5.13. The average Bonchev–Trinajstić information content (AvgIpc) is 1.85. The molecule has 0 saturated carbocycles. The van der Waals surface area contributed by atoms with Gasteiger partial charge in [0.1, 0.15) is 0 Å². The van der Waals surface area contributed by atoms with E-state index in [2.05, 4.69) is 45.2 Å². The number of benzene rings is 1. The Bertz CT molecular complexity index is 274. The van der Waals surface area contributed by atoms with Crippen molar-refractivity contribution in [2.24, 2.45) is 0 Å². The monoisotopic (exact) mass is 372 g/mol. The molecule has 0 fully saturated rings. The minimum atomic E-state index is 0.138. The van der Waals surface area contributed by atoms with Crippen molar-refractivity contribution < 1.29 is 4.79 Å². The van der Waals surface area contributed by atoms with E-state index in [4.69, 9.17) is 0 Å². The lowest BCUT2D eigenvalue weighted by Crippen LogP contribution is -1.98. The van der Waals surface area contributed by atoms with Gasteiger partial charge in [-0.3, -0.25) is 4.79 Å². The first kappa shape index (κ1) is 9.44. The van der Waals surface area contributed by atoms with Crippen molar-refractivity contribution in [2.45, 2.75) is 6.92 Å². The molecule has 1 nitrogen and oxygen atoms in total. The third-order valence-corrected chi connectivity index (χ3v) is 3.11. The molecule has 0 aliphatic heterocycles. The van der Waals surface area contributed by atoms with E-state index in [1.165, 1.54) is 0 Å². The number of ketones is 1. The number of carbonyl (C=O) groups excluding carboxylic acids is 1. The summed E-state index contributed by atoms with van der Waals surface area (Å²) in [4.78, 5) is 11.1. The SMILES string of the molecule is CC(=O)c1c(I)cccc1I. The smallest absolute Gasteiger partial charge is 0.161 e. The van der Waals surface area contributed by atoms with Gasteiger partial charge in [-0.05, 0) is 64.2 Å². The van der Waals surface area contributed by atoms with E-state index in [-0.39, 0.29) is 5.78 Å². The van der Waals surface area contributed by atoms with Gasteiger partial charge < -0.3 is 0 Å². The largest absolute Gasteiger partial charge is 0.294 e. The molecule has 0 saturated heterocycles. The molecular formula is C8H6I2O. The van der Waals surface area contributed by atoms with Crippen LogP contribution in [-0.4, -0.2) is 5.78 Å². The van der Waals surface area contributed by atoms with Crippen LogP contribution in [0, 0.1) is 7.14 Å². The number of rotatable bonds is 1. The lowest BCUT2D eigenvalue weighted by molar-refractivity contribution is 0.101. The highest BCUT2D eigenvalue weighted by Gasteiger charge is 2.07. The summed E-state index contributed by atoms with van der Waals surface area (Å²) in [5.74, 6) is 0.138. The van der Waals surface area contributed by atoms with Crippen molar-refractivity contribution in [1.29, 1.82) is 0 Å². The molecule has 58 valence electrons. The summed E-state index contributed by atoms with van der Waals surface area (Å²) < 4.78 is 2.06. The summed E-state index contributed by atoms with van der Waals surface area (Å²) in [6.07, 6.45) is 0. The maximum atomic E-state index is 11.1. The predicted octanol–water partition coefficient (Wildman–Crippen LogP) is 3.10. The highest BCUT2D eigenvalue weighted by atomic mass is 127. The maximum absolute atomic E-state index is 11.1. The van der Waals surface area contributed by atoms with Crippen molar-refractivity contribution in [3.8, 4) is 0 Å². The van der Waals surface area contributed by atoms with E-state index in [0.29, 0.717) is 0 Å². The molecule has 1 aromatic carbocycles. The van der Waals surface area contributed by atoms with Gasteiger partial charge in [-0.25, -0.2) is 0 Å². The Morgan fingerprint density at radius 3 is 2.00 bits per heavy atom. The molecule has 0 spiro atoms. The number of hydrogen-bond acceptors (Lipinski definition) is 1. The summed E-state index contributed by atoms with van der Waals surface area (Å²) in [7, 11) is 0. The Labute approximate surface area is 92.8 Å². The summed E-state index contributed by atoms with van der Waals surface area (Å²) >= 11 is 4.35. The lowest BCUT2D eigenvalue weighted by atomic mass is 10.2. The number of halogens is 2. The fraction of sp³-hybridized carbons (Fsp3) is 0.125. The van der Waals surface area contributed by atoms with Gasteiger partial charge in [-0.2, -0.15) is 0 Å². The molecular weight excluding hydrogens is 366 g/mol. The van der Waals surface area contributed by atoms with Crippen LogP contribution in [0.3, 0.4) is 0 Å². The fourth-order valence-corrected chi connectivity index (χ4v) is 3.11. The standard InChI is InChI=1S/C8H6I2O/c1-5(11)8-6(9)3-2-4-7(8)10/h2-4H,1H3. The Balaban J connectivity index is 3.32. The number of hydrogen-bond donors (Lipinski definition) is 0. The molecule has 0 bridgehead atoms. The van der Waals surface area contributed by atoms with Gasteiger partial charge in [-0.1, -0.05) is 6.07 Å². The van der Waals surface area contributed by atoms with Crippen LogP contribution in [-0.2, 0) is 0 Å². The zero-order valence-electron chi connectivity index (χ0n) is 5.90. The van der Waals surface area contributed by atoms with Crippen molar-refractivity contribution in [1.82, 2.24) is 0 Å². The molecule has 11 heavy (non-hydrogen) atoms. The Kier molecular flexibility index (Phi) is 3.29. The van der Waals surface area contributed by atoms with E-state index in [1.54, 1.807) is 6.92 Å². The molecule has 0 aromatic heterocycles. The van der Waals surface area contributed by atoms with Crippen molar-refractivity contribution >= 4 is 51.0 Å². The van der Waals surface area contributed by atoms with Crippen LogP contribution >= 0.6 is 45.2 Å². The second-order valence-electron chi connectivity index (χ2n) is 2.15.